The molecule has 0 radical (unpaired) electrons. The van der Waals surface area contributed by atoms with E-state index in [1.54, 1.807) is 12.1 Å². The van der Waals surface area contributed by atoms with E-state index in [-0.39, 0.29) is 30.2 Å². The average Bonchev–Trinajstić information content (AvgIpc) is 3.12. The predicted molar refractivity (Wildman–Crippen MR) is 82.9 cm³/mol. The molecular weight excluding hydrogens is 291 g/mol. The van der Waals surface area contributed by atoms with E-state index in [2.05, 4.69) is 5.32 Å². The van der Waals surface area contributed by atoms with E-state index in [0.29, 0.717) is 6.54 Å². The molecule has 1 amide bonds. The van der Waals surface area contributed by atoms with Crippen LogP contribution >= 0.6 is 12.4 Å². The maximum atomic E-state index is 13.3. The molecule has 1 unspecified atom stereocenters. The summed E-state index contributed by atoms with van der Waals surface area (Å²) in [5.74, 6) is 0.687. The first-order valence-electron chi connectivity index (χ1n) is 7.49. The molecular formula is C16H22ClFN2O. The summed E-state index contributed by atoms with van der Waals surface area (Å²) in [5, 5.41) is 3.24. The molecule has 3 nitrogen and oxygen atoms in total. The monoisotopic (exact) mass is 312 g/mol. The van der Waals surface area contributed by atoms with Gasteiger partial charge in [-0.25, -0.2) is 4.39 Å². The molecule has 1 heterocycles. The second-order valence-corrected chi connectivity index (χ2v) is 5.87. The molecule has 5 heteroatoms. The van der Waals surface area contributed by atoms with Gasteiger partial charge in [0.2, 0.25) is 5.91 Å². The van der Waals surface area contributed by atoms with Gasteiger partial charge in [-0.2, -0.15) is 0 Å². The SMILES string of the molecule is Cl.O=C(CNCC1CC1)N1CCCC1c1cccc(F)c1. The van der Waals surface area contributed by atoms with Gasteiger partial charge >= 0.3 is 0 Å². The molecule has 1 aliphatic carbocycles. The Bertz CT molecular complexity index is 493. The van der Waals surface area contributed by atoms with Gasteiger partial charge in [0.25, 0.3) is 0 Å². The van der Waals surface area contributed by atoms with Crippen molar-refractivity contribution in [3.63, 3.8) is 0 Å². The Morgan fingerprint density at radius 2 is 2.14 bits per heavy atom. The van der Waals surface area contributed by atoms with Crippen LogP contribution in [0.1, 0.15) is 37.3 Å². The fraction of sp³-hybridized carbons (Fsp3) is 0.562. The topological polar surface area (TPSA) is 32.3 Å². The van der Waals surface area contributed by atoms with Crippen LogP contribution < -0.4 is 5.32 Å². The number of hydrogen-bond acceptors (Lipinski definition) is 2. The Morgan fingerprint density at radius 3 is 2.86 bits per heavy atom. The van der Waals surface area contributed by atoms with Crippen LogP contribution in [-0.2, 0) is 4.79 Å². The summed E-state index contributed by atoms with van der Waals surface area (Å²) in [4.78, 5) is 14.2. The minimum Gasteiger partial charge on any atom is -0.335 e. The van der Waals surface area contributed by atoms with Gasteiger partial charge in [-0.05, 0) is 55.8 Å². The van der Waals surface area contributed by atoms with Gasteiger partial charge in [0, 0.05) is 6.54 Å². The van der Waals surface area contributed by atoms with Crippen molar-refractivity contribution >= 4 is 18.3 Å². The first kappa shape index (κ1) is 16.2. The maximum Gasteiger partial charge on any atom is 0.237 e. The molecule has 116 valence electrons. The third kappa shape index (κ3) is 4.17. The number of nitrogens with zero attached hydrogens (tertiary/aromatic N) is 1. The van der Waals surface area contributed by atoms with Crippen LogP contribution in [0, 0.1) is 11.7 Å². The largest absolute Gasteiger partial charge is 0.335 e. The number of rotatable bonds is 5. The Balaban J connectivity index is 0.00000161. The van der Waals surface area contributed by atoms with Crippen LogP contribution in [0.25, 0.3) is 0 Å². The number of nitrogens with one attached hydrogen (secondary N) is 1. The van der Waals surface area contributed by atoms with Gasteiger partial charge < -0.3 is 10.2 Å². The average molecular weight is 313 g/mol. The Hall–Kier alpha value is -1.13. The van der Waals surface area contributed by atoms with Crippen LogP contribution in [0.4, 0.5) is 4.39 Å². The highest BCUT2D eigenvalue weighted by atomic mass is 35.5. The van der Waals surface area contributed by atoms with Crippen LogP contribution in [-0.4, -0.2) is 30.4 Å². The molecule has 1 atom stereocenters. The number of likely N-dealkylation sites (tertiary alicyclic amines) is 1. The zero-order chi connectivity index (χ0) is 13.9. The van der Waals surface area contributed by atoms with Gasteiger partial charge in [-0.3, -0.25) is 4.79 Å². The summed E-state index contributed by atoms with van der Waals surface area (Å²) in [6.07, 6.45) is 4.50. The fourth-order valence-electron chi connectivity index (χ4n) is 2.93. The molecule has 1 saturated carbocycles. The minimum absolute atomic E-state index is 0. The molecule has 1 aliphatic heterocycles. The smallest absolute Gasteiger partial charge is 0.237 e. The number of carbonyl (C=O) groups is 1. The summed E-state index contributed by atoms with van der Waals surface area (Å²) in [6, 6.07) is 6.67. The van der Waals surface area contributed by atoms with E-state index in [1.165, 1.54) is 18.9 Å². The molecule has 21 heavy (non-hydrogen) atoms. The van der Waals surface area contributed by atoms with Crippen molar-refractivity contribution < 1.29 is 9.18 Å². The molecule has 1 aromatic rings. The zero-order valence-corrected chi connectivity index (χ0v) is 12.9. The number of amides is 1. The third-order valence-electron chi connectivity index (χ3n) is 4.21. The van der Waals surface area contributed by atoms with Crippen LogP contribution in [0.5, 0.6) is 0 Å². The van der Waals surface area contributed by atoms with Crippen molar-refractivity contribution in [1.29, 1.82) is 0 Å². The van der Waals surface area contributed by atoms with Gasteiger partial charge in [0.1, 0.15) is 5.82 Å². The standard InChI is InChI=1S/C16H21FN2O.ClH/c17-14-4-1-3-13(9-14)15-5-2-8-19(15)16(20)11-18-10-12-6-7-12;/h1,3-4,9,12,15,18H,2,5-8,10-11H2;1H. The number of benzene rings is 1. The van der Waals surface area contributed by atoms with Crippen molar-refractivity contribution in [1.82, 2.24) is 10.2 Å². The fourth-order valence-corrected chi connectivity index (χ4v) is 2.93. The third-order valence-corrected chi connectivity index (χ3v) is 4.21. The van der Waals surface area contributed by atoms with E-state index in [4.69, 9.17) is 0 Å². The van der Waals surface area contributed by atoms with Gasteiger partial charge in [-0.15, -0.1) is 12.4 Å². The highest BCUT2D eigenvalue weighted by Gasteiger charge is 2.30. The van der Waals surface area contributed by atoms with E-state index >= 15 is 0 Å². The van der Waals surface area contributed by atoms with Crippen molar-refractivity contribution in [3.05, 3.63) is 35.6 Å². The minimum atomic E-state index is -0.228. The summed E-state index contributed by atoms with van der Waals surface area (Å²) >= 11 is 0. The summed E-state index contributed by atoms with van der Waals surface area (Å²) < 4.78 is 13.3. The Labute approximate surface area is 131 Å². The van der Waals surface area contributed by atoms with Gasteiger partial charge in [0.05, 0.1) is 12.6 Å². The molecule has 2 aliphatic rings. The van der Waals surface area contributed by atoms with Crippen molar-refractivity contribution in [2.24, 2.45) is 5.92 Å². The van der Waals surface area contributed by atoms with Gasteiger partial charge in [0.15, 0.2) is 0 Å². The van der Waals surface area contributed by atoms with E-state index < -0.39 is 0 Å². The van der Waals surface area contributed by atoms with Crippen molar-refractivity contribution in [2.75, 3.05) is 19.6 Å². The van der Waals surface area contributed by atoms with Crippen LogP contribution in [0.2, 0.25) is 0 Å². The molecule has 0 aromatic heterocycles. The van der Waals surface area contributed by atoms with E-state index in [9.17, 15) is 9.18 Å². The Morgan fingerprint density at radius 1 is 1.33 bits per heavy atom. The summed E-state index contributed by atoms with van der Waals surface area (Å²) in [6.45, 7) is 2.14. The predicted octanol–water partition coefficient (Wildman–Crippen LogP) is 2.91. The second kappa shape index (κ2) is 7.23. The van der Waals surface area contributed by atoms with E-state index in [0.717, 1.165) is 37.4 Å². The highest BCUT2D eigenvalue weighted by molar-refractivity contribution is 5.85. The summed E-state index contributed by atoms with van der Waals surface area (Å²) in [7, 11) is 0. The zero-order valence-electron chi connectivity index (χ0n) is 12.1. The van der Waals surface area contributed by atoms with Crippen molar-refractivity contribution in [3.8, 4) is 0 Å². The second-order valence-electron chi connectivity index (χ2n) is 5.87. The van der Waals surface area contributed by atoms with Crippen molar-refractivity contribution in [2.45, 2.75) is 31.7 Å². The number of carbonyl (C=O) groups excluding carboxylic acids is 1. The lowest BCUT2D eigenvalue weighted by Crippen LogP contribution is -2.38. The first-order chi connectivity index (χ1) is 9.74. The number of hydrogen-bond donors (Lipinski definition) is 1. The van der Waals surface area contributed by atoms with Crippen LogP contribution in [0.15, 0.2) is 24.3 Å². The Kier molecular flexibility index (Phi) is 5.59. The lowest BCUT2D eigenvalue weighted by molar-refractivity contribution is -0.131. The molecule has 1 saturated heterocycles. The molecule has 3 rings (SSSR count). The highest BCUT2D eigenvalue weighted by Crippen LogP contribution is 2.32. The van der Waals surface area contributed by atoms with Gasteiger partial charge in [-0.1, -0.05) is 12.1 Å². The number of halogens is 2. The molecule has 1 N–H and O–H groups in total. The molecule has 1 aromatic carbocycles. The lowest BCUT2D eigenvalue weighted by atomic mass is 10.0. The quantitative estimate of drug-likeness (QED) is 0.906. The normalized spacial score (nSPS) is 21.2. The maximum absolute atomic E-state index is 13.3. The lowest BCUT2D eigenvalue weighted by Gasteiger charge is -2.25. The first-order valence-corrected chi connectivity index (χ1v) is 7.49. The molecule has 0 spiro atoms. The van der Waals surface area contributed by atoms with Crippen LogP contribution in [0.3, 0.4) is 0 Å². The summed E-state index contributed by atoms with van der Waals surface area (Å²) in [5.41, 5.74) is 0.915. The molecule has 0 bridgehead atoms. The molecule has 2 fully saturated rings. The van der Waals surface area contributed by atoms with E-state index in [1.807, 2.05) is 11.0 Å².